The van der Waals surface area contributed by atoms with Gasteiger partial charge in [0, 0.05) is 12.5 Å². The number of aromatic amines is 1. The molecule has 1 saturated carbocycles. The van der Waals surface area contributed by atoms with Crippen molar-refractivity contribution in [2.45, 2.75) is 30.6 Å². The van der Waals surface area contributed by atoms with Crippen LogP contribution in [0.2, 0.25) is 0 Å². The van der Waals surface area contributed by atoms with Crippen molar-refractivity contribution in [1.82, 2.24) is 19.5 Å². The summed E-state index contributed by atoms with van der Waals surface area (Å²) in [4.78, 5) is 22.0. The summed E-state index contributed by atoms with van der Waals surface area (Å²) in [6.07, 6.45) is 2.20. The lowest BCUT2D eigenvalue weighted by Gasteiger charge is -2.23. The van der Waals surface area contributed by atoms with Crippen molar-refractivity contribution in [3.05, 3.63) is 23.0 Å². The lowest BCUT2D eigenvalue weighted by atomic mass is 10.0. The average molecular weight is 321 g/mol. The molecule has 118 valence electrons. The Hall–Kier alpha value is -1.52. The topological polar surface area (TPSA) is 156 Å². The van der Waals surface area contributed by atoms with Crippen LogP contribution in [0, 0.1) is 0 Å². The van der Waals surface area contributed by atoms with Gasteiger partial charge in [-0.2, -0.15) is 0 Å². The number of aromatic nitrogens is 4. The maximum atomic E-state index is 11.5. The molecule has 3 unspecified atom stereocenters. The van der Waals surface area contributed by atoms with E-state index in [0.29, 0.717) is 5.65 Å². The molecular weight excluding hydrogens is 304 g/mol. The molecule has 1 aliphatic rings. The minimum atomic E-state index is -1.51. The van der Waals surface area contributed by atoms with E-state index in [4.69, 9.17) is 5.11 Å². The minimum absolute atomic E-state index is 0. The van der Waals surface area contributed by atoms with Gasteiger partial charge in [0.15, 0.2) is 11.2 Å². The summed E-state index contributed by atoms with van der Waals surface area (Å²) in [7, 11) is 0. The number of aliphatic hydroxyl groups is 3. The third kappa shape index (κ3) is 2.65. The third-order valence-corrected chi connectivity index (χ3v) is 3.74. The van der Waals surface area contributed by atoms with Crippen LogP contribution in [0.4, 0.5) is 0 Å². The third-order valence-electron chi connectivity index (χ3n) is 3.74. The highest BCUT2D eigenvalue weighted by atomic mass is 35.5. The predicted molar refractivity (Wildman–Crippen MR) is 75.3 cm³/mol. The molecule has 1 aliphatic carbocycles. The first-order valence-electron chi connectivity index (χ1n) is 5.96. The molecule has 2 aromatic rings. The molecule has 6 N–H and O–H groups in total. The second-order valence-corrected chi connectivity index (χ2v) is 4.93. The molecule has 1 fully saturated rings. The van der Waals surface area contributed by atoms with Gasteiger partial charge in [-0.1, -0.05) is 0 Å². The number of hydrogen-bond donors (Lipinski definition) is 4. The molecule has 2 aromatic heterocycles. The van der Waals surface area contributed by atoms with E-state index in [9.17, 15) is 15.0 Å². The van der Waals surface area contributed by atoms with Gasteiger partial charge >= 0.3 is 0 Å². The molecule has 0 aliphatic heterocycles. The fourth-order valence-electron chi connectivity index (χ4n) is 2.62. The van der Waals surface area contributed by atoms with Gasteiger partial charge in [0.2, 0.25) is 0 Å². The van der Waals surface area contributed by atoms with E-state index in [-0.39, 0.29) is 47.8 Å². The van der Waals surface area contributed by atoms with Gasteiger partial charge in [-0.05, 0) is 6.42 Å². The maximum absolute atomic E-state index is 11.5. The molecule has 0 amide bonds. The molecule has 0 saturated heterocycles. The van der Waals surface area contributed by atoms with Crippen molar-refractivity contribution in [3.63, 3.8) is 0 Å². The Labute approximate surface area is 125 Å². The number of aliphatic hydroxyl groups excluding tert-OH is 2. The number of hydrogen-bond acceptors (Lipinski definition) is 6. The number of rotatable bonds is 2. The normalized spacial score (nSPS) is 28.1. The quantitative estimate of drug-likeness (QED) is 0.508. The fraction of sp³-hybridized carbons (Fsp3) is 0.545. The summed E-state index contributed by atoms with van der Waals surface area (Å²) in [5.74, 6) is 0. The Kier molecular flexibility index (Phi) is 5.07. The number of imidazole rings is 1. The molecule has 3 atom stereocenters. The first-order valence-corrected chi connectivity index (χ1v) is 5.96. The van der Waals surface area contributed by atoms with Crippen LogP contribution in [0.1, 0.15) is 18.9 Å². The van der Waals surface area contributed by atoms with Crippen molar-refractivity contribution in [2.75, 3.05) is 6.61 Å². The van der Waals surface area contributed by atoms with Crippen LogP contribution in [0.25, 0.3) is 11.2 Å². The van der Waals surface area contributed by atoms with Crippen molar-refractivity contribution in [2.24, 2.45) is 0 Å². The van der Waals surface area contributed by atoms with Crippen LogP contribution in [-0.2, 0) is 0 Å². The Morgan fingerprint density at radius 1 is 1.48 bits per heavy atom. The van der Waals surface area contributed by atoms with Crippen LogP contribution in [-0.4, -0.2) is 58.6 Å². The van der Waals surface area contributed by atoms with Crippen LogP contribution in [0.3, 0.4) is 0 Å². The second kappa shape index (κ2) is 6.08. The van der Waals surface area contributed by atoms with Gasteiger partial charge in [0.25, 0.3) is 5.56 Å². The summed E-state index contributed by atoms with van der Waals surface area (Å²) in [5, 5.41) is 29.0. The van der Waals surface area contributed by atoms with Gasteiger partial charge in [-0.15, -0.1) is 12.4 Å². The van der Waals surface area contributed by atoms with Gasteiger partial charge in [0.05, 0.1) is 25.4 Å². The van der Waals surface area contributed by atoms with Crippen LogP contribution >= 0.6 is 12.4 Å². The Bertz CT molecular complexity index is 674. The Balaban J connectivity index is 0.00000110. The molecule has 21 heavy (non-hydrogen) atoms. The smallest absolute Gasteiger partial charge is 0.278 e. The van der Waals surface area contributed by atoms with Gasteiger partial charge in [-0.25, -0.2) is 9.97 Å². The standard InChI is InChI=1S/C11H14N4O4.ClH.H2O/c16-3-11(19)2-6(1-7(11)17)15-5-14-8-9(15)12-4-13-10(8)18;;/h4-7,16-17,19H,1-3H2,(H,12,13,18);1H;1H2. The van der Waals surface area contributed by atoms with E-state index in [1.54, 1.807) is 4.57 Å². The molecule has 3 rings (SSSR count). The zero-order valence-corrected chi connectivity index (χ0v) is 11.7. The van der Waals surface area contributed by atoms with Crippen molar-refractivity contribution < 1.29 is 20.8 Å². The minimum Gasteiger partial charge on any atom is -0.412 e. The zero-order chi connectivity index (χ0) is 13.6. The monoisotopic (exact) mass is 320 g/mol. The molecule has 0 radical (unpaired) electrons. The number of H-pyrrole nitrogens is 1. The highest BCUT2D eigenvalue weighted by molar-refractivity contribution is 5.85. The van der Waals surface area contributed by atoms with Crippen molar-refractivity contribution in [3.8, 4) is 0 Å². The summed E-state index contributed by atoms with van der Waals surface area (Å²) < 4.78 is 1.65. The molecule has 0 bridgehead atoms. The first kappa shape index (κ1) is 17.5. The average Bonchev–Trinajstić information content (AvgIpc) is 2.94. The van der Waals surface area contributed by atoms with Gasteiger partial charge in [-0.3, -0.25) is 4.79 Å². The fourth-order valence-corrected chi connectivity index (χ4v) is 2.62. The lowest BCUT2D eigenvalue weighted by Crippen LogP contribution is -2.40. The van der Waals surface area contributed by atoms with Crippen molar-refractivity contribution in [1.29, 1.82) is 0 Å². The molecular formula is C11H17ClN4O5. The summed E-state index contributed by atoms with van der Waals surface area (Å²) >= 11 is 0. The van der Waals surface area contributed by atoms with Crippen molar-refractivity contribution >= 4 is 23.6 Å². The van der Waals surface area contributed by atoms with Crippen LogP contribution in [0.15, 0.2) is 17.4 Å². The maximum Gasteiger partial charge on any atom is 0.278 e. The van der Waals surface area contributed by atoms with E-state index in [1.807, 2.05) is 0 Å². The highest BCUT2D eigenvalue weighted by Crippen LogP contribution is 2.38. The zero-order valence-electron chi connectivity index (χ0n) is 10.9. The van der Waals surface area contributed by atoms with Crippen LogP contribution in [0.5, 0.6) is 0 Å². The Morgan fingerprint density at radius 2 is 2.19 bits per heavy atom. The van der Waals surface area contributed by atoms with E-state index in [0.717, 1.165) is 0 Å². The molecule has 0 aromatic carbocycles. The van der Waals surface area contributed by atoms with E-state index < -0.39 is 18.3 Å². The van der Waals surface area contributed by atoms with E-state index >= 15 is 0 Å². The largest absolute Gasteiger partial charge is 0.412 e. The van der Waals surface area contributed by atoms with Gasteiger partial charge < -0.3 is 30.3 Å². The predicted octanol–water partition coefficient (Wildman–Crippen LogP) is -1.86. The summed E-state index contributed by atoms with van der Waals surface area (Å²) in [6.45, 7) is -0.509. The molecule has 10 heteroatoms. The van der Waals surface area contributed by atoms with Crippen LogP contribution < -0.4 is 5.56 Å². The SMILES string of the molecule is Cl.O.O=c1[nH]cnc2c1ncn2C1CC(O)C(O)(CO)C1. The molecule has 2 heterocycles. The lowest BCUT2D eigenvalue weighted by molar-refractivity contribution is -0.0855. The Morgan fingerprint density at radius 3 is 2.81 bits per heavy atom. The van der Waals surface area contributed by atoms with E-state index in [2.05, 4.69) is 15.0 Å². The first-order chi connectivity index (χ1) is 9.05. The van der Waals surface area contributed by atoms with E-state index in [1.165, 1.54) is 12.7 Å². The highest BCUT2D eigenvalue weighted by Gasteiger charge is 2.46. The summed E-state index contributed by atoms with van der Waals surface area (Å²) in [6, 6.07) is -0.258. The summed E-state index contributed by atoms with van der Waals surface area (Å²) in [5.41, 5.74) is -1.22. The molecule has 0 spiro atoms. The van der Waals surface area contributed by atoms with Gasteiger partial charge in [0.1, 0.15) is 5.60 Å². The number of fused-ring (bicyclic) bond motifs is 1. The number of nitrogens with one attached hydrogen (secondary N) is 1. The second-order valence-electron chi connectivity index (χ2n) is 4.93. The number of halogens is 1. The number of nitrogens with zero attached hydrogens (tertiary/aromatic N) is 3. The molecule has 9 nitrogen and oxygen atoms in total.